The lowest BCUT2D eigenvalue weighted by Gasteiger charge is -2.13. The quantitative estimate of drug-likeness (QED) is 0.185. The first-order valence-electron chi connectivity index (χ1n) is 11.2. The molecule has 0 spiro atoms. The maximum absolute atomic E-state index is 12.9. The van der Waals surface area contributed by atoms with Crippen LogP contribution in [0.5, 0.6) is 11.5 Å². The molecule has 0 radical (unpaired) electrons. The highest BCUT2D eigenvalue weighted by Gasteiger charge is 2.30. The van der Waals surface area contributed by atoms with Crippen molar-refractivity contribution in [2.75, 3.05) is 7.11 Å². The van der Waals surface area contributed by atoms with Gasteiger partial charge in [-0.2, -0.15) is 18.3 Å². The molecule has 0 aromatic heterocycles. The van der Waals surface area contributed by atoms with Crippen LogP contribution in [0.3, 0.4) is 0 Å². The van der Waals surface area contributed by atoms with Crippen LogP contribution in [0.25, 0.3) is 10.8 Å². The van der Waals surface area contributed by atoms with Crippen molar-refractivity contribution >= 4 is 38.8 Å². The van der Waals surface area contributed by atoms with E-state index >= 15 is 0 Å². The van der Waals surface area contributed by atoms with Crippen LogP contribution in [0.15, 0.2) is 88.4 Å². The third-order valence-electron chi connectivity index (χ3n) is 5.50. The average molecular weight is 571 g/mol. The molecule has 37 heavy (non-hydrogen) atoms. The summed E-state index contributed by atoms with van der Waals surface area (Å²) < 4.78 is 50.7. The standard InChI is InChI=1S/C28H22BrF3N2O3/c1-36-25-14-22(16-33-34-27(35)13-18-5-4-8-23(12-18)28(30,31)32)24(29)15-26(25)37-17-19-9-10-20-6-2-3-7-21(20)11-19/h2-12,14-16H,13,17H2,1H3,(H,34,35)/b33-16+. The minimum atomic E-state index is -4.47. The van der Waals surface area contributed by atoms with Gasteiger partial charge in [0.15, 0.2) is 11.5 Å². The molecular formula is C28H22BrF3N2O3. The highest BCUT2D eigenvalue weighted by Crippen LogP contribution is 2.34. The number of rotatable bonds is 8. The van der Waals surface area contributed by atoms with Gasteiger partial charge in [0.2, 0.25) is 5.91 Å². The molecule has 1 N–H and O–H groups in total. The monoisotopic (exact) mass is 570 g/mol. The van der Waals surface area contributed by atoms with Crippen molar-refractivity contribution < 1.29 is 27.4 Å². The van der Waals surface area contributed by atoms with Gasteiger partial charge in [-0.1, -0.05) is 54.6 Å². The summed E-state index contributed by atoms with van der Waals surface area (Å²) in [5.74, 6) is 0.447. The van der Waals surface area contributed by atoms with E-state index in [4.69, 9.17) is 9.47 Å². The zero-order chi connectivity index (χ0) is 26.4. The lowest BCUT2D eigenvalue weighted by atomic mass is 10.1. The van der Waals surface area contributed by atoms with E-state index in [0.717, 1.165) is 28.5 Å². The molecule has 0 fully saturated rings. The molecule has 4 rings (SSSR count). The fourth-order valence-corrected chi connectivity index (χ4v) is 4.09. The van der Waals surface area contributed by atoms with E-state index in [-0.39, 0.29) is 12.0 Å². The van der Waals surface area contributed by atoms with Gasteiger partial charge in [0, 0.05) is 10.0 Å². The first-order chi connectivity index (χ1) is 17.7. The third kappa shape index (κ3) is 6.89. The Morgan fingerprint density at radius 1 is 0.946 bits per heavy atom. The summed E-state index contributed by atoms with van der Waals surface area (Å²) in [4.78, 5) is 12.2. The number of hydrazone groups is 1. The van der Waals surface area contributed by atoms with Crippen LogP contribution in [0.4, 0.5) is 13.2 Å². The number of hydrogen-bond acceptors (Lipinski definition) is 4. The smallest absolute Gasteiger partial charge is 0.416 e. The first kappa shape index (κ1) is 26.2. The Hall–Kier alpha value is -3.85. The van der Waals surface area contributed by atoms with E-state index in [1.165, 1.54) is 25.5 Å². The summed E-state index contributed by atoms with van der Waals surface area (Å²) in [6.07, 6.45) is -3.31. The summed E-state index contributed by atoms with van der Waals surface area (Å²) in [5, 5.41) is 6.20. The molecule has 0 saturated heterocycles. The van der Waals surface area contributed by atoms with E-state index in [0.29, 0.717) is 28.1 Å². The topological polar surface area (TPSA) is 59.9 Å². The molecular weight excluding hydrogens is 549 g/mol. The van der Waals surface area contributed by atoms with Crippen LogP contribution in [0.1, 0.15) is 22.3 Å². The van der Waals surface area contributed by atoms with Crippen molar-refractivity contribution in [1.29, 1.82) is 0 Å². The Morgan fingerprint density at radius 3 is 2.49 bits per heavy atom. The number of ether oxygens (including phenoxy) is 2. The summed E-state index contributed by atoms with van der Waals surface area (Å²) in [6.45, 7) is 0.340. The number of fused-ring (bicyclic) bond motifs is 1. The van der Waals surface area contributed by atoms with E-state index in [2.05, 4.69) is 32.5 Å². The number of hydrogen-bond donors (Lipinski definition) is 1. The van der Waals surface area contributed by atoms with Crippen LogP contribution in [0, 0.1) is 0 Å². The number of methoxy groups -OCH3 is 1. The normalized spacial score (nSPS) is 11.6. The van der Waals surface area contributed by atoms with Crippen LogP contribution in [-0.2, 0) is 24.0 Å². The summed E-state index contributed by atoms with van der Waals surface area (Å²) >= 11 is 3.47. The first-order valence-corrected chi connectivity index (χ1v) is 12.0. The van der Waals surface area contributed by atoms with Crippen molar-refractivity contribution in [1.82, 2.24) is 5.43 Å². The molecule has 0 aliphatic rings. The van der Waals surface area contributed by atoms with E-state index < -0.39 is 17.6 Å². The number of halogens is 4. The predicted molar refractivity (Wildman–Crippen MR) is 140 cm³/mol. The lowest BCUT2D eigenvalue weighted by molar-refractivity contribution is -0.137. The number of alkyl halides is 3. The number of nitrogens with one attached hydrogen (secondary N) is 1. The van der Waals surface area contributed by atoms with Crippen molar-refractivity contribution in [2.45, 2.75) is 19.2 Å². The fraction of sp³-hybridized carbons (Fsp3) is 0.143. The molecule has 0 aliphatic heterocycles. The van der Waals surface area contributed by atoms with Crippen molar-refractivity contribution in [3.8, 4) is 11.5 Å². The van der Waals surface area contributed by atoms with Gasteiger partial charge >= 0.3 is 6.18 Å². The maximum atomic E-state index is 12.9. The van der Waals surface area contributed by atoms with Crippen molar-refractivity contribution in [3.05, 3.63) is 106 Å². The highest BCUT2D eigenvalue weighted by molar-refractivity contribution is 9.10. The molecule has 4 aromatic carbocycles. The van der Waals surface area contributed by atoms with Crippen LogP contribution in [-0.4, -0.2) is 19.2 Å². The van der Waals surface area contributed by atoms with Gasteiger partial charge in [0.25, 0.3) is 0 Å². The van der Waals surface area contributed by atoms with E-state index in [9.17, 15) is 18.0 Å². The van der Waals surface area contributed by atoms with Gasteiger partial charge in [-0.05, 0) is 62.1 Å². The number of carbonyl (C=O) groups excluding carboxylic acids is 1. The Kier molecular flexibility index (Phi) is 8.13. The van der Waals surface area contributed by atoms with Crippen molar-refractivity contribution in [2.24, 2.45) is 5.10 Å². The largest absolute Gasteiger partial charge is 0.493 e. The van der Waals surface area contributed by atoms with Gasteiger partial charge in [-0.15, -0.1) is 0 Å². The fourth-order valence-electron chi connectivity index (χ4n) is 3.67. The molecule has 0 unspecified atom stereocenters. The van der Waals surface area contributed by atoms with E-state index in [1.54, 1.807) is 12.1 Å². The second kappa shape index (κ2) is 11.5. The summed E-state index contributed by atoms with van der Waals surface area (Å²) in [5.41, 5.74) is 3.38. The minimum Gasteiger partial charge on any atom is -0.493 e. The van der Waals surface area contributed by atoms with E-state index in [1.807, 2.05) is 36.4 Å². The molecule has 1 amide bonds. The third-order valence-corrected chi connectivity index (χ3v) is 6.19. The Balaban J connectivity index is 1.39. The minimum absolute atomic E-state index is 0.235. The van der Waals surface area contributed by atoms with Gasteiger partial charge in [-0.25, -0.2) is 5.43 Å². The number of carbonyl (C=O) groups is 1. The van der Waals surface area contributed by atoms with Crippen LogP contribution < -0.4 is 14.9 Å². The Morgan fingerprint density at radius 2 is 1.73 bits per heavy atom. The Bertz CT molecular complexity index is 1450. The molecule has 0 heterocycles. The maximum Gasteiger partial charge on any atom is 0.416 e. The molecule has 0 atom stereocenters. The van der Waals surface area contributed by atoms with Crippen molar-refractivity contribution in [3.63, 3.8) is 0 Å². The number of benzene rings is 4. The van der Waals surface area contributed by atoms with Gasteiger partial charge < -0.3 is 9.47 Å². The summed E-state index contributed by atoms with van der Waals surface area (Å²) in [6, 6.07) is 22.3. The zero-order valence-corrected chi connectivity index (χ0v) is 21.3. The number of nitrogens with zero attached hydrogens (tertiary/aromatic N) is 1. The lowest BCUT2D eigenvalue weighted by Crippen LogP contribution is -2.20. The molecule has 5 nitrogen and oxygen atoms in total. The SMILES string of the molecule is COc1cc(/C=N/NC(=O)Cc2cccc(C(F)(F)F)c2)c(Br)cc1OCc1ccc2ccccc2c1. The molecule has 190 valence electrons. The average Bonchev–Trinajstić information content (AvgIpc) is 2.88. The molecule has 4 aromatic rings. The summed E-state index contributed by atoms with van der Waals surface area (Å²) in [7, 11) is 1.52. The zero-order valence-electron chi connectivity index (χ0n) is 19.7. The second-order valence-electron chi connectivity index (χ2n) is 8.16. The Labute approximate surface area is 220 Å². The van der Waals surface area contributed by atoms with Crippen LogP contribution in [0.2, 0.25) is 0 Å². The van der Waals surface area contributed by atoms with Gasteiger partial charge in [0.05, 0.1) is 25.3 Å². The highest BCUT2D eigenvalue weighted by atomic mass is 79.9. The molecule has 0 bridgehead atoms. The number of amides is 1. The molecule has 9 heteroatoms. The molecule has 0 saturated carbocycles. The second-order valence-corrected chi connectivity index (χ2v) is 9.02. The van der Waals surface area contributed by atoms with Crippen LogP contribution >= 0.6 is 15.9 Å². The predicted octanol–water partition coefficient (Wildman–Crippen LogP) is 6.90. The van der Waals surface area contributed by atoms with Gasteiger partial charge in [0.1, 0.15) is 6.61 Å². The molecule has 0 aliphatic carbocycles. The van der Waals surface area contributed by atoms with Gasteiger partial charge in [-0.3, -0.25) is 4.79 Å².